The Labute approximate surface area is 228 Å². The summed E-state index contributed by atoms with van der Waals surface area (Å²) in [6.45, 7) is 3.84. The lowest BCUT2D eigenvalue weighted by atomic mass is 9.73. The fraction of sp³-hybridized carbons (Fsp3) is 0.345. The molecule has 1 aliphatic heterocycles. The molecule has 2 aromatic carbocycles. The third kappa shape index (κ3) is 4.70. The molecule has 1 saturated heterocycles. The first-order valence-corrected chi connectivity index (χ1v) is 13.1. The number of carbonyl (C=O) groups is 2. The zero-order valence-corrected chi connectivity index (χ0v) is 22.2. The van der Waals surface area contributed by atoms with Crippen molar-refractivity contribution in [2.24, 2.45) is 5.41 Å². The molecule has 39 heavy (non-hydrogen) atoms. The van der Waals surface area contributed by atoms with E-state index in [2.05, 4.69) is 15.3 Å². The predicted octanol–water partition coefficient (Wildman–Crippen LogP) is 6.08. The Bertz CT molecular complexity index is 1610. The van der Waals surface area contributed by atoms with Gasteiger partial charge in [-0.1, -0.05) is 40.1 Å². The first kappa shape index (κ1) is 25.6. The molecule has 6 rings (SSSR count). The largest absolute Gasteiger partial charge is 0.379 e. The molecule has 0 N–H and O–H groups in total. The summed E-state index contributed by atoms with van der Waals surface area (Å²) in [7, 11) is 0. The van der Waals surface area contributed by atoms with Crippen LogP contribution in [-0.2, 0) is 16.0 Å². The molecule has 2 aliphatic rings. The summed E-state index contributed by atoms with van der Waals surface area (Å²) in [5.74, 6) is -0.0831. The van der Waals surface area contributed by atoms with E-state index in [4.69, 9.17) is 25.4 Å². The summed E-state index contributed by atoms with van der Waals surface area (Å²) >= 11 is 6.22. The maximum Gasteiger partial charge on any atom is 0.223 e. The number of carbonyl (C=O) groups excluding carboxylic acids is 2. The van der Waals surface area contributed by atoms with Gasteiger partial charge in [-0.05, 0) is 60.1 Å². The number of hydrogen-bond acceptors (Lipinski definition) is 8. The van der Waals surface area contributed by atoms with Crippen LogP contribution in [0.5, 0.6) is 0 Å². The summed E-state index contributed by atoms with van der Waals surface area (Å²) < 4.78 is 30.6. The van der Waals surface area contributed by atoms with E-state index >= 15 is 4.39 Å². The zero-order valence-electron chi connectivity index (χ0n) is 21.4. The first-order chi connectivity index (χ1) is 18.7. The second-order valence-electron chi connectivity index (χ2n) is 10.4. The van der Waals surface area contributed by atoms with Gasteiger partial charge in [0.2, 0.25) is 23.3 Å². The number of ether oxygens (including phenoxy) is 1. The number of fused-ring (bicyclic) bond motifs is 1. The number of rotatable bonds is 8. The zero-order chi connectivity index (χ0) is 27.3. The molecule has 1 aliphatic carbocycles. The maximum atomic E-state index is 15.0. The van der Waals surface area contributed by atoms with Gasteiger partial charge in [-0.3, -0.25) is 9.59 Å². The monoisotopic (exact) mass is 549 g/mol. The van der Waals surface area contributed by atoms with E-state index in [0.717, 1.165) is 29.5 Å². The molecule has 4 aromatic rings. The van der Waals surface area contributed by atoms with E-state index in [1.807, 2.05) is 18.2 Å². The third-order valence-electron chi connectivity index (χ3n) is 7.64. The van der Waals surface area contributed by atoms with Crippen molar-refractivity contribution in [1.82, 2.24) is 15.3 Å². The standard InChI is InChI=1S/C29H25ClFN3O5/c1-15-7-25(39-33-15)24(35)12-29(13-37-14-29)26(36)9-19-4-3-17-8-18(5-6-21(17)19)22-10-20(30)11-23(31)27(22)28-32-16(2)38-34-28/h5-8,10-11,19H,3-4,9,12-14H2,1-2H3/t19-/m1/s1. The lowest BCUT2D eigenvalue weighted by Crippen LogP contribution is -2.50. The molecule has 3 heterocycles. The van der Waals surface area contributed by atoms with E-state index in [-0.39, 0.29) is 59.3 Å². The highest BCUT2D eigenvalue weighted by Gasteiger charge is 2.48. The SMILES string of the molecule is Cc1cc(C(=O)CC2(C(=O)C[C@H]3CCc4cc(-c5cc(Cl)cc(F)c5-c5noc(C)n5)ccc43)COC2)on1. The summed E-state index contributed by atoms with van der Waals surface area (Å²) in [6, 6.07) is 10.4. The maximum absolute atomic E-state index is 15.0. The van der Waals surface area contributed by atoms with Crippen molar-refractivity contribution < 1.29 is 27.8 Å². The van der Waals surface area contributed by atoms with Crippen LogP contribution in [0.15, 0.2) is 45.4 Å². The molecular formula is C29H25ClFN3O5. The fourth-order valence-electron chi connectivity index (χ4n) is 5.55. The van der Waals surface area contributed by atoms with Crippen molar-refractivity contribution in [2.75, 3.05) is 13.2 Å². The molecule has 0 bridgehead atoms. The number of nitrogens with zero attached hydrogens (tertiary/aromatic N) is 3. The summed E-state index contributed by atoms with van der Waals surface area (Å²) in [5, 5.41) is 7.94. The van der Waals surface area contributed by atoms with Crippen molar-refractivity contribution in [3.05, 3.63) is 75.7 Å². The lowest BCUT2D eigenvalue weighted by Gasteiger charge is -2.40. The number of Topliss-reactive ketones (excluding diaryl/α,β-unsaturated/α-hetero) is 2. The smallest absolute Gasteiger partial charge is 0.223 e. The number of aryl methyl sites for hydroxylation is 3. The molecule has 1 atom stereocenters. The van der Waals surface area contributed by atoms with Crippen LogP contribution in [-0.4, -0.2) is 40.1 Å². The van der Waals surface area contributed by atoms with Gasteiger partial charge in [-0.2, -0.15) is 4.98 Å². The molecular weight excluding hydrogens is 525 g/mol. The molecule has 0 saturated carbocycles. The van der Waals surface area contributed by atoms with E-state index in [0.29, 0.717) is 23.6 Å². The Morgan fingerprint density at radius 2 is 1.92 bits per heavy atom. The van der Waals surface area contributed by atoms with Crippen LogP contribution in [0.3, 0.4) is 0 Å². The highest BCUT2D eigenvalue weighted by atomic mass is 35.5. The summed E-state index contributed by atoms with van der Waals surface area (Å²) in [5.41, 5.74) is 3.51. The number of ketones is 2. The molecule has 0 unspecified atom stereocenters. The van der Waals surface area contributed by atoms with Gasteiger partial charge in [0.15, 0.2) is 0 Å². The van der Waals surface area contributed by atoms with Crippen molar-refractivity contribution in [3.63, 3.8) is 0 Å². The highest BCUT2D eigenvalue weighted by molar-refractivity contribution is 6.31. The van der Waals surface area contributed by atoms with E-state index in [9.17, 15) is 9.59 Å². The van der Waals surface area contributed by atoms with Gasteiger partial charge in [-0.25, -0.2) is 4.39 Å². The fourth-order valence-corrected chi connectivity index (χ4v) is 5.76. The lowest BCUT2D eigenvalue weighted by molar-refractivity contribution is -0.159. The quantitative estimate of drug-likeness (QED) is 0.243. The molecule has 1 fully saturated rings. The van der Waals surface area contributed by atoms with Gasteiger partial charge in [-0.15, -0.1) is 0 Å². The van der Waals surface area contributed by atoms with E-state index < -0.39 is 11.2 Å². The minimum Gasteiger partial charge on any atom is -0.379 e. The Morgan fingerprint density at radius 3 is 2.59 bits per heavy atom. The molecule has 2 aromatic heterocycles. The van der Waals surface area contributed by atoms with Crippen LogP contribution >= 0.6 is 11.6 Å². The molecule has 10 heteroatoms. The number of benzene rings is 2. The van der Waals surface area contributed by atoms with E-state index in [1.165, 1.54) is 6.07 Å². The van der Waals surface area contributed by atoms with Crippen LogP contribution in [0.2, 0.25) is 5.02 Å². The Hall–Kier alpha value is -3.69. The van der Waals surface area contributed by atoms with Crippen LogP contribution in [0.1, 0.15) is 58.4 Å². The van der Waals surface area contributed by atoms with Crippen LogP contribution in [0.25, 0.3) is 22.5 Å². The average Bonchev–Trinajstić information content (AvgIpc) is 3.60. The highest BCUT2D eigenvalue weighted by Crippen LogP contribution is 2.44. The predicted molar refractivity (Wildman–Crippen MR) is 139 cm³/mol. The number of hydrogen-bond donors (Lipinski definition) is 0. The Kier molecular flexibility index (Phi) is 6.43. The second-order valence-corrected chi connectivity index (χ2v) is 10.9. The van der Waals surface area contributed by atoms with Gasteiger partial charge in [0, 0.05) is 30.9 Å². The number of aromatic nitrogens is 3. The van der Waals surface area contributed by atoms with Crippen LogP contribution in [0.4, 0.5) is 4.39 Å². The van der Waals surface area contributed by atoms with Crippen molar-refractivity contribution in [1.29, 1.82) is 0 Å². The van der Waals surface area contributed by atoms with E-state index in [1.54, 1.807) is 26.0 Å². The van der Waals surface area contributed by atoms with Crippen molar-refractivity contribution >= 4 is 23.2 Å². The van der Waals surface area contributed by atoms with Crippen molar-refractivity contribution in [3.8, 4) is 22.5 Å². The van der Waals surface area contributed by atoms with Gasteiger partial charge in [0.1, 0.15) is 11.6 Å². The number of halogens is 2. The Balaban J connectivity index is 1.24. The van der Waals surface area contributed by atoms with Crippen molar-refractivity contribution in [2.45, 2.75) is 45.4 Å². The molecule has 0 spiro atoms. The van der Waals surface area contributed by atoms with Gasteiger partial charge in [0.25, 0.3) is 0 Å². The minimum absolute atomic E-state index is 0.0203. The molecule has 0 radical (unpaired) electrons. The summed E-state index contributed by atoms with van der Waals surface area (Å²) in [4.78, 5) is 30.5. The van der Waals surface area contributed by atoms with Gasteiger partial charge < -0.3 is 13.8 Å². The van der Waals surface area contributed by atoms with Crippen LogP contribution in [0, 0.1) is 25.1 Å². The normalized spacial score (nSPS) is 17.6. The van der Waals surface area contributed by atoms with Gasteiger partial charge >= 0.3 is 0 Å². The first-order valence-electron chi connectivity index (χ1n) is 12.7. The summed E-state index contributed by atoms with van der Waals surface area (Å²) in [6.07, 6.45) is 1.94. The van der Waals surface area contributed by atoms with Gasteiger partial charge in [0.05, 0.1) is 29.9 Å². The minimum atomic E-state index is -0.837. The molecule has 200 valence electrons. The average molecular weight is 550 g/mol. The molecule has 0 amide bonds. The molecule has 8 nitrogen and oxygen atoms in total. The third-order valence-corrected chi connectivity index (χ3v) is 7.86. The Morgan fingerprint density at radius 1 is 1.10 bits per heavy atom. The second kappa shape index (κ2) is 9.81. The van der Waals surface area contributed by atoms with Crippen LogP contribution < -0.4 is 0 Å². The topological polar surface area (TPSA) is 108 Å².